The Hall–Kier alpha value is -0.0800. The van der Waals surface area contributed by atoms with Crippen LogP contribution in [0.5, 0.6) is 0 Å². The fourth-order valence-corrected chi connectivity index (χ4v) is 4.49. The van der Waals surface area contributed by atoms with Crippen LogP contribution in [0.4, 0.5) is 0 Å². The van der Waals surface area contributed by atoms with E-state index in [1.165, 1.54) is 38.6 Å². The minimum absolute atomic E-state index is 0.446. The largest absolute Gasteiger partial charge is 0.315 e. The summed E-state index contributed by atoms with van der Waals surface area (Å²) in [6.07, 6.45) is 6.96. The normalized spacial score (nSPS) is 37.3. The van der Waals surface area contributed by atoms with Crippen molar-refractivity contribution in [2.75, 3.05) is 13.6 Å². The minimum atomic E-state index is 0.446. The molecule has 2 fully saturated rings. The molecular formula is C16H32N2. The van der Waals surface area contributed by atoms with Gasteiger partial charge in [-0.1, -0.05) is 34.1 Å². The molecule has 0 spiro atoms. The van der Waals surface area contributed by atoms with Crippen molar-refractivity contribution in [2.45, 2.75) is 77.9 Å². The van der Waals surface area contributed by atoms with Crippen LogP contribution in [0.3, 0.4) is 0 Å². The Balaban J connectivity index is 2.15. The molecule has 2 rings (SSSR count). The van der Waals surface area contributed by atoms with Crippen molar-refractivity contribution in [1.29, 1.82) is 0 Å². The number of nitrogens with one attached hydrogen (secondary N) is 1. The maximum atomic E-state index is 3.64. The predicted molar refractivity (Wildman–Crippen MR) is 78.8 cm³/mol. The van der Waals surface area contributed by atoms with Crippen molar-refractivity contribution in [3.05, 3.63) is 0 Å². The van der Waals surface area contributed by atoms with E-state index in [1.54, 1.807) is 0 Å². The second kappa shape index (κ2) is 5.50. The minimum Gasteiger partial charge on any atom is -0.315 e. The zero-order chi connectivity index (χ0) is 13.3. The zero-order valence-corrected chi connectivity index (χ0v) is 13.0. The summed E-state index contributed by atoms with van der Waals surface area (Å²) in [5.74, 6) is 0.801. The molecule has 2 heteroatoms. The van der Waals surface area contributed by atoms with Gasteiger partial charge in [-0.25, -0.2) is 0 Å². The maximum Gasteiger partial charge on any atom is 0.0271 e. The molecule has 1 N–H and O–H groups in total. The van der Waals surface area contributed by atoms with Gasteiger partial charge in [0.2, 0.25) is 0 Å². The third kappa shape index (κ3) is 2.60. The first-order valence-electron chi connectivity index (χ1n) is 7.90. The van der Waals surface area contributed by atoms with E-state index < -0.39 is 0 Å². The lowest BCUT2D eigenvalue weighted by atomic mass is 9.70. The SMILES string of the molecule is CNC1C(N2CCCC2C(C)C)CCCC1(C)C. The van der Waals surface area contributed by atoms with Gasteiger partial charge < -0.3 is 5.32 Å². The molecule has 0 bridgehead atoms. The molecule has 18 heavy (non-hydrogen) atoms. The average Bonchev–Trinajstić information content (AvgIpc) is 2.76. The van der Waals surface area contributed by atoms with Gasteiger partial charge in [-0.05, 0) is 50.6 Å². The quantitative estimate of drug-likeness (QED) is 0.829. The van der Waals surface area contributed by atoms with Crippen LogP contribution in [0.2, 0.25) is 0 Å². The summed E-state index contributed by atoms with van der Waals surface area (Å²) in [5.41, 5.74) is 0.446. The molecule has 0 amide bonds. The van der Waals surface area contributed by atoms with Gasteiger partial charge in [0.1, 0.15) is 0 Å². The molecule has 0 aromatic carbocycles. The second-order valence-electron chi connectivity index (χ2n) is 7.41. The molecule has 1 saturated heterocycles. The van der Waals surface area contributed by atoms with Crippen LogP contribution < -0.4 is 5.32 Å². The van der Waals surface area contributed by atoms with Gasteiger partial charge in [-0.3, -0.25) is 4.90 Å². The molecule has 0 aromatic heterocycles. The highest BCUT2D eigenvalue weighted by atomic mass is 15.2. The van der Waals surface area contributed by atoms with Crippen LogP contribution in [0.1, 0.15) is 59.8 Å². The molecule has 2 aliphatic rings. The number of likely N-dealkylation sites (N-methyl/N-ethyl adjacent to an activating group) is 1. The second-order valence-corrected chi connectivity index (χ2v) is 7.41. The van der Waals surface area contributed by atoms with E-state index >= 15 is 0 Å². The van der Waals surface area contributed by atoms with E-state index in [2.05, 4.69) is 45.0 Å². The average molecular weight is 252 g/mol. The molecule has 1 aliphatic heterocycles. The molecule has 0 radical (unpaired) electrons. The van der Waals surface area contributed by atoms with E-state index in [1.807, 2.05) is 0 Å². The van der Waals surface area contributed by atoms with Crippen molar-refractivity contribution in [3.8, 4) is 0 Å². The fourth-order valence-electron chi connectivity index (χ4n) is 4.49. The van der Waals surface area contributed by atoms with Crippen molar-refractivity contribution in [3.63, 3.8) is 0 Å². The van der Waals surface area contributed by atoms with E-state index in [9.17, 15) is 0 Å². The molecule has 1 heterocycles. The van der Waals surface area contributed by atoms with Crippen LogP contribution in [0, 0.1) is 11.3 Å². The Labute approximate surface area is 114 Å². The molecule has 0 aromatic rings. The monoisotopic (exact) mass is 252 g/mol. The van der Waals surface area contributed by atoms with Gasteiger partial charge in [0.05, 0.1) is 0 Å². The Kier molecular flexibility index (Phi) is 4.38. The van der Waals surface area contributed by atoms with Crippen LogP contribution in [-0.2, 0) is 0 Å². The zero-order valence-electron chi connectivity index (χ0n) is 13.0. The standard InChI is InChI=1S/C16H32N2/c1-12(2)13-9-7-11-18(13)14-8-6-10-16(3,4)15(14)17-5/h12-15,17H,6-11H2,1-5H3. The van der Waals surface area contributed by atoms with Crippen LogP contribution in [0.25, 0.3) is 0 Å². The van der Waals surface area contributed by atoms with Crippen molar-refractivity contribution >= 4 is 0 Å². The Morgan fingerprint density at radius 2 is 1.89 bits per heavy atom. The first-order chi connectivity index (χ1) is 8.47. The van der Waals surface area contributed by atoms with Gasteiger partial charge in [-0.2, -0.15) is 0 Å². The van der Waals surface area contributed by atoms with Gasteiger partial charge in [-0.15, -0.1) is 0 Å². The predicted octanol–water partition coefficient (Wildman–Crippen LogP) is 3.27. The van der Waals surface area contributed by atoms with Crippen molar-refractivity contribution in [1.82, 2.24) is 10.2 Å². The fraction of sp³-hybridized carbons (Fsp3) is 1.00. The van der Waals surface area contributed by atoms with Crippen LogP contribution in [0.15, 0.2) is 0 Å². The summed E-state index contributed by atoms with van der Waals surface area (Å²) in [6.45, 7) is 11.0. The summed E-state index contributed by atoms with van der Waals surface area (Å²) >= 11 is 0. The lowest BCUT2D eigenvalue weighted by Gasteiger charge is -2.49. The lowest BCUT2D eigenvalue weighted by molar-refractivity contribution is 0.0340. The van der Waals surface area contributed by atoms with E-state index in [4.69, 9.17) is 0 Å². The molecule has 106 valence electrons. The van der Waals surface area contributed by atoms with Crippen molar-refractivity contribution in [2.24, 2.45) is 11.3 Å². The van der Waals surface area contributed by atoms with Gasteiger partial charge in [0, 0.05) is 18.1 Å². The summed E-state index contributed by atoms with van der Waals surface area (Å²) in [4.78, 5) is 2.84. The van der Waals surface area contributed by atoms with Gasteiger partial charge >= 0.3 is 0 Å². The number of hydrogen-bond acceptors (Lipinski definition) is 2. The highest BCUT2D eigenvalue weighted by Crippen LogP contribution is 2.40. The summed E-state index contributed by atoms with van der Waals surface area (Å²) in [5, 5.41) is 3.64. The highest BCUT2D eigenvalue weighted by molar-refractivity contribution is 5.00. The van der Waals surface area contributed by atoms with E-state index in [0.29, 0.717) is 11.5 Å². The number of hydrogen-bond donors (Lipinski definition) is 1. The number of likely N-dealkylation sites (tertiary alicyclic amines) is 1. The third-order valence-electron chi connectivity index (χ3n) is 5.40. The lowest BCUT2D eigenvalue weighted by Crippen LogP contribution is -2.59. The van der Waals surface area contributed by atoms with Crippen molar-refractivity contribution < 1.29 is 0 Å². The first-order valence-corrected chi connectivity index (χ1v) is 7.90. The number of rotatable bonds is 3. The summed E-state index contributed by atoms with van der Waals surface area (Å²) in [7, 11) is 2.16. The molecule has 1 aliphatic carbocycles. The van der Waals surface area contributed by atoms with Gasteiger partial charge in [0.15, 0.2) is 0 Å². The van der Waals surface area contributed by atoms with Crippen LogP contribution in [-0.4, -0.2) is 36.6 Å². The third-order valence-corrected chi connectivity index (χ3v) is 5.40. The Morgan fingerprint density at radius 1 is 1.17 bits per heavy atom. The maximum absolute atomic E-state index is 3.64. The number of nitrogens with zero attached hydrogens (tertiary/aromatic N) is 1. The first kappa shape index (κ1) is 14.3. The van der Waals surface area contributed by atoms with Gasteiger partial charge in [0.25, 0.3) is 0 Å². The molecule has 2 nitrogen and oxygen atoms in total. The summed E-state index contributed by atoms with van der Waals surface area (Å²) < 4.78 is 0. The van der Waals surface area contributed by atoms with Crippen LogP contribution >= 0.6 is 0 Å². The molecule has 3 unspecified atom stereocenters. The highest BCUT2D eigenvalue weighted by Gasteiger charge is 2.43. The Bertz CT molecular complexity index is 272. The van der Waals surface area contributed by atoms with E-state index in [-0.39, 0.29) is 0 Å². The summed E-state index contributed by atoms with van der Waals surface area (Å²) in [6, 6.07) is 2.24. The Morgan fingerprint density at radius 3 is 2.50 bits per heavy atom. The molecule has 1 saturated carbocycles. The van der Waals surface area contributed by atoms with E-state index in [0.717, 1.165) is 18.0 Å². The smallest absolute Gasteiger partial charge is 0.0271 e. The molecule has 3 atom stereocenters. The molecular weight excluding hydrogens is 220 g/mol. The topological polar surface area (TPSA) is 15.3 Å².